The van der Waals surface area contributed by atoms with Crippen LogP contribution in [-0.4, -0.2) is 45.4 Å². The number of nitrogens with one attached hydrogen (secondary N) is 1. The van der Waals surface area contributed by atoms with Crippen molar-refractivity contribution in [1.82, 2.24) is 0 Å². The quantitative estimate of drug-likeness (QED) is 0.609. The molecule has 0 aliphatic heterocycles. The van der Waals surface area contributed by atoms with Gasteiger partial charge in [0.15, 0.2) is 0 Å². The number of hydrogen-bond acceptors (Lipinski definition) is 3. The minimum absolute atomic E-state index is 0. The summed E-state index contributed by atoms with van der Waals surface area (Å²) in [7, 11) is 1.49. The summed E-state index contributed by atoms with van der Waals surface area (Å²) in [6.07, 6.45) is 0. The van der Waals surface area contributed by atoms with Gasteiger partial charge >= 0.3 is 0 Å². The molecular formula is C8H10NNaO3S-. The van der Waals surface area contributed by atoms with Gasteiger partial charge in [-0.15, -0.1) is 0 Å². The van der Waals surface area contributed by atoms with Gasteiger partial charge in [-0.05, 0) is 18.6 Å². The third kappa shape index (κ3) is 3.59. The zero-order valence-corrected chi connectivity index (χ0v) is 11.2. The maximum Gasteiger partial charge on any atom is 0.143 e. The van der Waals surface area contributed by atoms with Gasteiger partial charge in [0.25, 0.3) is 0 Å². The third-order valence-corrected chi connectivity index (χ3v) is 2.01. The Morgan fingerprint density at radius 3 is 2.64 bits per heavy atom. The molecule has 0 aliphatic rings. The molecule has 0 amide bonds. The Hall–Kier alpha value is -0.0700. The van der Waals surface area contributed by atoms with Gasteiger partial charge in [0, 0.05) is 40.8 Å². The molecule has 4 nitrogen and oxygen atoms in total. The first-order valence-corrected chi connectivity index (χ1v) is 4.72. The van der Waals surface area contributed by atoms with Crippen molar-refractivity contribution in [2.45, 2.75) is 6.92 Å². The van der Waals surface area contributed by atoms with Gasteiger partial charge < -0.3 is 14.0 Å². The van der Waals surface area contributed by atoms with Crippen LogP contribution in [0.15, 0.2) is 18.2 Å². The van der Waals surface area contributed by atoms with Crippen molar-refractivity contribution >= 4 is 46.5 Å². The molecule has 1 rings (SSSR count). The van der Waals surface area contributed by atoms with E-state index in [4.69, 9.17) is 4.74 Å². The van der Waals surface area contributed by atoms with Crippen molar-refractivity contribution in [2.75, 3.05) is 11.8 Å². The van der Waals surface area contributed by atoms with E-state index in [1.807, 2.05) is 0 Å². The van der Waals surface area contributed by atoms with Crippen molar-refractivity contribution in [3.8, 4) is 5.75 Å². The first kappa shape index (κ1) is 13.9. The van der Waals surface area contributed by atoms with E-state index >= 15 is 0 Å². The maximum atomic E-state index is 10.4. The normalized spacial score (nSPS) is 11.4. The Kier molecular flexibility index (Phi) is 6.39. The Morgan fingerprint density at radius 1 is 1.50 bits per heavy atom. The number of hydrogen-bond donors (Lipinski definition) is 1. The molecule has 0 aromatic heterocycles. The van der Waals surface area contributed by atoms with Crippen LogP contribution in [-0.2, 0) is 11.3 Å². The fourth-order valence-corrected chi connectivity index (χ4v) is 1.45. The molecule has 73 valence electrons. The zero-order chi connectivity index (χ0) is 9.84. The van der Waals surface area contributed by atoms with Crippen LogP contribution in [0.3, 0.4) is 0 Å². The van der Waals surface area contributed by atoms with Crippen molar-refractivity contribution < 1.29 is 13.5 Å². The molecule has 0 heterocycles. The van der Waals surface area contributed by atoms with Crippen LogP contribution < -0.4 is 9.46 Å². The first-order valence-electron chi connectivity index (χ1n) is 3.64. The van der Waals surface area contributed by atoms with Crippen molar-refractivity contribution in [1.29, 1.82) is 0 Å². The van der Waals surface area contributed by atoms with E-state index in [2.05, 4.69) is 4.72 Å². The molecule has 0 bridgehead atoms. The fraction of sp³-hybridized carbons (Fsp3) is 0.250. The molecule has 0 saturated carbocycles. The van der Waals surface area contributed by atoms with E-state index in [1.54, 1.807) is 25.1 Å². The van der Waals surface area contributed by atoms with Gasteiger partial charge in [0.1, 0.15) is 5.75 Å². The van der Waals surface area contributed by atoms with Crippen molar-refractivity contribution in [3.05, 3.63) is 23.8 Å². The summed E-state index contributed by atoms with van der Waals surface area (Å²) in [5.41, 5.74) is 1.31. The number of methoxy groups -OCH3 is 1. The molecule has 0 saturated heterocycles. The van der Waals surface area contributed by atoms with E-state index in [-0.39, 0.29) is 29.6 Å². The summed E-state index contributed by atoms with van der Waals surface area (Å²) >= 11 is -2.32. The average Bonchev–Trinajstić information content (AvgIpc) is 2.08. The van der Waals surface area contributed by atoms with E-state index in [1.165, 1.54) is 7.11 Å². The van der Waals surface area contributed by atoms with Crippen molar-refractivity contribution in [2.24, 2.45) is 0 Å². The van der Waals surface area contributed by atoms with Gasteiger partial charge in [0.2, 0.25) is 0 Å². The van der Waals surface area contributed by atoms with Crippen LogP contribution in [0.5, 0.6) is 5.75 Å². The standard InChI is InChI=1S/C8H11NO3S.Na/c1-6-4-3-5-7(12-2)8(6)9-13(10)11;/h3-5,9H,1-2H3,(H,10,11);/p-1. The number of para-hydroxylation sites is 1. The number of rotatable bonds is 3. The Labute approximate surface area is 108 Å². The minimum Gasteiger partial charge on any atom is -0.755 e. The molecule has 14 heavy (non-hydrogen) atoms. The summed E-state index contributed by atoms with van der Waals surface area (Å²) in [6, 6.07) is 5.30. The largest absolute Gasteiger partial charge is 0.755 e. The van der Waals surface area contributed by atoms with Crippen LogP contribution >= 0.6 is 0 Å². The second kappa shape index (κ2) is 6.42. The fourth-order valence-electron chi connectivity index (χ4n) is 1.03. The van der Waals surface area contributed by atoms with Gasteiger partial charge in [-0.3, -0.25) is 4.21 Å². The minimum atomic E-state index is -2.32. The summed E-state index contributed by atoms with van der Waals surface area (Å²) in [6.45, 7) is 1.80. The van der Waals surface area contributed by atoms with Crippen LogP contribution in [0.4, 0.5) is 5.69 Å². The summed E-state index contributed by atoms with van der Waals surface area (Å²) in [5.74, 6) is 0.518. The number of benzene rings is 1. The Bertz CT molecular complexity index is 332. The van der Waals surface area contributed by atoms with E-state index < -0.39 is 11.3 Å². The molecule has 1 atom stereocenters. The number of ether oxygens (including phenoxy) is 1. The van der Waals surface area contributed by atoms with Crippen molar-refractivity contribution in [3.63, 3.8) is 0 Å². The Morgan fingerprint density at radius 2 is 2.14 bits per heavy atom. The second-order valence-electron chi connectivity index (χ2n) is 2.49. The topological polar surface area (TPSA) is 61.4 Å². The van der Waals surface area contributed by atoms with Crippen LogP contribution in [0.25, 0.3) is 0 Å². The van der Waals surface area contributed by atoms with E-state index in [9.17, 15) is 8.76 Å². The molecule has 1 N–H and O–H groups in total. The van der Waals surface area contributed by atoms with Gasteiger partial charge in [-0.25, -0.2) is 0 Å². The molecule has 6 heteroatoms. The number of anilines is 1. The van der Waals surface area contributed by atoms with E-state index in [0.29, 0.717) is 11.4 Å². The molecule has 0 aliphatic carbocycles. The summed E-state index contributed by atoms with van der Waals surface area (Å²) in [5, 5.41) is 0. The molecule has 1 radical (unpaired) electrons. The molecule has 1 aromatic carbocycles. The maximum absolute atomic E-state index is 10.4. The van der Waals surface area contributed by atoms with Crippen LogP contribution in [0.1, 0.15) is 5.56 Å². The zero-order valence-electron chi connectivity index (χ0n) is 8.37. The predicted molar refractivity (Wildman–Crippen MR) is 56.0 cm³/mol. The SMILES string of the molecule is COc1cccc(C)c1NS(=O)[O-].[Na]. The molecule has 1 aromatic rings. The number of aryl methyl sites for hydroxylation is 1. The average molecular weight is 223 g/mol. The van der Waals surface area contributed by atoms with Gasteiger partial charge in [0.05, 0.1) is 12.8 Å². The van der Waals surface area contributed by atoms with Crippen LogP contribution in [0.2, 0.25) is 0 Å². The third-order valence-electron chi connectivity index (χ3n) is 1.64. The predicted octanol–water partition coefficient (Wildman–Crippen LogP) is 0.829. The smallest absolute Gasteiger partial charge is 0.143 e. The van der Waals surface area contributed by atoms with Crippen LogP contribution in [0, 0.1) is 6.92 Å². The first-order chi connectivity index (χ1) is 6.15. The van der Waals surface area contributed by atoms with Gasteiger partial charge in [-0.2, -0.15) is 0 Å². The monoisotopic (exact) mass is 223 g/mol. The summed E-state index contributed by atoms with van der Waals surface area (Å²) < 4.78 is 28.1. The summed E-state index contributed by atoms with van der Waals surface area (Å²) in [4.78, 5) is 0. The molecule has 0 fully saturated rings. The molecule has 0 spiro atoms. The molecular weight excluding hydrogens is 213 g/mol. The second-order valence-corrected chi connectivity index (χ2v) is 3.16. The molecule has 1 unspecified atom stereocenters. The Balaban J connectivity index is 0.00000169. The van der Waals surface area contributed by atoms with E-state index in [0.717, 1.165) is 5.56 Å². The van der Waals surface area contributed by atoms with Gasteiger partial charge in [-0.1, -0.05) is 12.1 Å².